The van der Waals surface area contributed by atoms with Crippen molar-refractivity contribution in [3.05, 3.63) is 33.8 Å². The van der Waals surface area contributed by atoms with Crippen LogP contribution in [0.5, 0.6) is 0 Å². The molecule has 0 atom stereocenters. The van der Waals surface area contributed by atoms with Gasteiger partial charge in [0.25, 0.3) is 0 Å². The van der Waals surface area contributed by atoms with Gasteiger partial charge in [-0.1, -0.05) is 29.3 Å². The van der Waals surface area contributed by atoms with Crippen LogP contribution in [0.15, 0.2) is 18.2 Å². The van der Waals surface area contributed by atoms with E-state index in [1.54, 1.807) is 24.0 Å². The number of rotatable bonds is 8. The van der Waals surface area contributed by atoms with Crippen LogP contribution >= 0.6 is 23.2 Å². The van der Waals surface area contributed by atoms with E-state index in [4.69, 9.17) is 23.2 Å². The summed E-state index contributed by atoms with van der Waals surface area (Å²) in [5.41, 5.74) is 0.895. The lowest BCUT2D eigenvalue weighted by Gasteiger charge is -2.21. The first-order valence-electron chi connectivity index (χ1n) is 6.92. The second-order valence-corrected chi connectivity index (χ2v) is 7.73. The minimum absolute atomic E-state index is 0.0213. The van der Waals surface area contributed by atoms with Crippen molar-refractivity contribution in [3.8, 4) is 0 Å². The molecule has 1 amide bonds. The van der Waals surface area contributed by atoms with Gasteiger partial charge in [-0.2, -0.15) is 0 Å². The summed E-state index contributed by atoms with van der Waals surface area (Å²) in [6.07, 6.45) is 0.579. The second kappa shape index (κ2) is 8.72. The molecule has 0 spiro atoms. The third kappa shape index (κ3) is 6.52. The molecule has 0 heterocycles. The molecular weight excluding hydrogens is 347 g/mol. The molecule has 0 aliphatic rings. The van der Waals surface area contributed by atoms with E-state index >= 15 is 0 Å². The molecule has 0 bridgehead atoms. The van der Waals surface area contributed by atoms with Crippen molar-refractivity contribution in [2.45, 2.75) is 20.3 Å². The third-order valence-corrected chi connectivity index (χ3v) is 5.19. The van der Waals surface area contributed by atoms with Gasteiger partial charge in [0.15, 0.2) is 0 Å². The Morgan fingerprint density at radius 3 is 2.50 bits per heavy atom. The average Bonchev–Trinajstić information content (AvgIpc) is 2.43. The Hall–Kier alpha value is -0.820. The zero-order chi connectivity index (χ0) is 16.8. The summed E-state index contributed by atoms with van der Waals surface area (Å²) in [6, 6.07) is 5.23. The fourth-order valence-electron chi connectivity index (χ4n) is 1.84. The summed E-state index contributed by atoms with van der Waals surface area (Å²) in [5, 5.41) is 1.12. The fraction of sp³-hybridized carbons (Fsp3) is 0.500. The first kappa shape index (κ1) is 19.2. The van der Waals surface area contributed by atoms with Crippen molar-refractivity contribution in [1.82, 2.24) is 9.62 Å². The molecule has 1 aromatic carbocycles. The van der Waals surface area contributed by atoms with Gasteiger partial charge in [-0.15, -0.1) is 0 Å². The predicted octanol–water partition coefficient (Wildman–Crippen LogP) is 2.32. The van der Waals surface area contributed by atoms with E-state index in [-0.39, 0.29) is 18.2 Å². The van der Waals surface area contributed by atoms with Gasteiger partial charge in [-0.3, -0.25) is 4.79 Å². The number of hydrogen-bond acceptors (Lipinski definition) is 3. The Morgan fingerprint density at radius 2 is 1.95 bits per heavy atom. The second-order valence-electron chi connectivity index (χ2n) is 4.79. The molecule has 22 heavy (non-hydrogen) atoms. The Labute approximate surface area is 141 Å². The summed E-state index contributed by atoms with van der Waals surface area (Å²) in [6.45, 7) is 4.00. The number of halogens is 2. The van der Waals surface area contributed by atoms with Crippen LogP contribution < -0.4 is 4.72 Å². The summed E-state index contributed by atoms with van der Waals surface area (Å²) in [7, 11) is -3.24. The molecule has 0 saturated heterocycles. The topological polar surface area (TPSA) is 66.5 Å². The van der Waals surface area contributed by atoms with Crippen molar-refractivity contribution in [1.29, 1.82) is 0 Å². The van der Waals surface area contributed by atoms with Gasteiger partial charge in [-0.25, -0.2) is 13.1 Å². The van der Waals surface area contributed by atoms with E-state index in [1.165, 1.54) is 6.92 Å². The first-order valence-corrected chi connectivity index (χ1v) is 9.32. The molecule has 1 aromatic rings. The highest BCUT2D eigenvalue weighted by atomic mass is 35.5. The molecular formula is C14H20Cl2N2O3S. The minimum Gasteiger partial charge on any atom is -0.341 e. The zero-order valence-electron chi connectivity index (χ0n) is 12.6. The summed E-state index contributed by atoms with van der Waals surface area (Å²) in [4.78, 5) is 13.2. The monoisotopic (exact) mass is 366 g/mol. The van der Waals surface area contributed by atoms with E-state index in [0.29, 0.717) is 29.6 Å². The number of amides is 1. The molecule has 1 rings (SSSR count). The SMILES string of the molecule is CCS(=O)(=O)NCCN(CCc1ccc(Cl)cc1Cl)C(C)=O. The molecule has 0 aromatic heterocycles. The quantitative estimate of drug-likeness (QED) is 0.767. The number of carbonyl (C=O) groups excluding carboxylic acids is 1. The minimum atomic E-state index is -3.24. The van der Waals surface area contributed by atoms with E-state index in [1.807, 2.05) is 6.07 Å². The molecule has 0 aliphatic carbocycles. The molecule has 8 heteroatoms. The van der Waals surface area contributed by atoms with Crippen molar-refractivity contribution in [2.75, 3.05) is 25.4 Å². The number of benzene rings is 1. The maximum absolute atomic E-state index is 11.6. The predicted molar refractivity (Wildman–Crippen MR) is 89.9 cm³/mol. The first-order chi connectivity index (χ1) is 10.2. The van der Waals surface area contributed by atoms with E-state index in [0.717, 1.165) is 5.56 Å². The van der Waals surface area contributed by atoms with Gasteiger partial charge in [0.05, 0.1) is 5.75 Å². The average molecular weight is 367 g/mol. The molecule has 5 nitrogen and oxygen atoms in total. The van der Waals surface area contributed by atoms with Crippen LogP contribution in [-0.2, 0) is 21.2 Å². The molecule has 0 saturated carbocycles. The van der Waals surface area contributed by atoms with Crippen LogP contribution in [0, 0.1) is 0 Å². The lowest BCUT2D eigenvalue weighted by molar-refractivity contribution is -0.128. The number of carbonyl (C=O) groups is 1. The molecule has 124 valence electrons. The molecule has 0 unspecified atom stereocenters. The van der Waals surface area contributed by atoms with Gasteiger partial charge in [-0.05, 0) is 31.0 Å². The van der Waals surface area contributed by atoms with Crippen LogP contribution in [0.3, 0.4) is 0 Å². The van der Waals surface area contributed by atoms with Crippen molar-refractivity contribution in [2.24, 2.45) is 0 Å². The van der Waals surface area contributed by atoms with E-state index in [9.17, 15) is 13.2 Å². The fourth-order valence-corrected chi connectivity index (χ4v) is 2.95. The Kier molecular flexibility index (Phi) is 7.62. The summed E-state index contributed by atoms with van der Waals surface area (Å²) >= 11 is 11.9. The van der Waals surface area contributed by atoms with Crippen molar-refractivity contribution >= 4 is 39.1 Å². The standard InChI is InChI=1S/C14H20Cl2N2O3S/c1-3-22(20,21)17-7-9-18(11(2)19)8-6-12-4-5-13(15)10-14(12)16/h4-5,10,17H,3,6-9H2,1-2H3. The largest absolute Gasteiger partial charge is 0.341 e. The number of nitrogens with zero attached hydrogens (tertiary/aromatic N) is 1. The number of sulfonamides is 1. The summed E-state index contributed by atoms with van der Waals surface area (Å²) in [5.74, 6) is -0.0891. The highest BCUT2D eigenvalue weighted by Crippen LogP contribution is 2.21. The van der Waals surface area contributed by atoms with Crippen LogP contribution in [-0.4, -0.2) is 44.6 Å². The molecule has 0 fully saturated rings. The summed E-state index contributed by atoms with van der Waals surface area (Å²) < 4.78 is 25.2. The smallest absolute Gasteiger partial charge is 0.219 e. The molecule has 0 aliphatic heterocycles. The van der Waals surface area contributed by atoms with Crippen molar-refractivity contribution in [3.63, 3.8) is 0 Å². The van der Waals surface area contributed by atoms with Gasteiger partial charge in [0, 0.05) is 36.6 Å². The lowest BCUT2D eigenvalue weighted by Crippen LogP contribution is -2.39. The normalized spacial score (nSPS) is 11.5. The zero-order valence-corrected chi connectivity index (χ0v) is 14.9. The molecule has 0 radical (unpaired) electrons. The third-order valence-electron chi connectivity index (χ3n) is 3.20. The Bertz CT molecular complexity index is 621. The number of hydrogen-bond donors (Lipinski definition) is 1. The van der Waals surface area contributed by atoms with Crippen molar-refractivity contribution < 1.29 is 13.2 Å². The van der Waals surface area contributed by atoms with Crippen LogP contribution in [0.4, 0.5) is 0 Å². The van der Waals surface area contributed by atoms with Gasteiger partial charge in [0.1, 0.15) is 0 Å². The maximum Gasteiger partial charge on any atom is 0.219 e. The van der Waals surface area contributed by atoms with Gasteiger partial charge < -0.3 is 4.90 Å². The highest BCUT2D eigenvalue weighted by Gasteiger charge is 2.12. The van der Waals surface area contributed by atoms with Gasteiger partial charge in [0.2, 0.25) is 15.9 Å². The van der Waals surface area contributed by atoms with Crippen LogP contribution in [0.2, 0.25) is 10.0 Å². The Morgan fingerprint density at radius 1 is 1.27 bits per heavy atom. The number of nitrogens with one attached hydrogen (secondary N) is 1. The maximum atomic E-state index is 11.6. The van der Waals surface area contributed by atoms with Crippen LogP contribution in [0.1, 0.15) is 19.4 Å². The van der Waals surface area contributed by atoms with Gasteiger partial charge >= 0.3 is 0 Å². The highest BCUT2D eigenvalue weighted by molar-refractivity contribution is 7.89. The van der Waals surface area contributed by atoms with Crippen LogP contribution in [0.25, 0.3) is 0 Å². The lowest BCUT2D eigenvalue weighted by atomic mass is 10.1. The van der Waals surface area contributed by atoms with E-state index in [2.05, 4.69) is 4.72 Å². The molecule has 1 N–H and O–H groups in total. The Balaban J connectivity index is 2.56. The van der Waals surface area contributed by atoms with E-state index < -0.39 is 10.0 Å².